The number of likely N-dealkylation sites (N-methyl/N-ethyl adjacent to an activating group) is 1. The molecule has 0 aromatic carbocycles. The molecule has 0 aromatic rings. The van der Waals surface area contributed by atoms with Crippen LogP contribution in [-0.4, -0.2) is 60.7 Å². The van der Waals surface area contributed by atoms with Crippen LogP contribution in [0.2, 0.25) is 0 Å². The Hall–Kier alpha value is -2.87. The minimum atomic E-state index is -0.325. The molecule has 1 N–H and O–H groups in total. The van der Waals surface area contributed by atoms with Gasteiger partial charge < -0.3 is 15.1 Å². The van der Waals surface area contributed by atoms with Crippen molar-refractivity contribution in [3.63, 3.8) is 0 Å². The summed E-state index contributed by atoms with van der Waals surface area (Å²) in [6.45, 7) is 5.92. The van der Waals surface area contributed by atoms with Crippen LogP contribution in [0.3, 0.4) is 0 Å². The van der Waals surface area contributed by atoms with E-state index in [4.69, 9.17) is 10.5 Å². The van der Waals surface area contributed by atoms with Crippen molar-refractivity contribution < 1.29 is 14.4 Å². The van der Waals surface area contributed by atoms with Crippen LogP contribution in [0.15, 0.2) is 11.6 Å². The Morgan fingerprint density at radius 2 is 1.69 bits per heavy atom. The molecule has 0 rings (SSSR count). The zero-order valence-corrected chi connectivity index (χ0v) is 15.9. The zero-order chi connectivity index (χ0) is 20.1. The maximum absolute atomic E-state index is 12.7. The largest absolute Gasteiger partial charge is 0.350 e. The summed E-state index contributed by atoms with van der Waals surface area (Å²) in [6.07, 6.45) is 2.56. The average Bonchev–Trinajstić information content (AvgIpc) is 2.62. The van der Waals surface area contributed by atoms with E-state index in [1.165, 1.54) is 9.80 Å². The lowest BCUT2D eigenvalue weighted by atomic mass is 9.99. The van der Waals surface area contributed by atoms with E-state index < -0.39 is 0 Å². The molecule has 8 nitrogen and oxygen atoms in total. The lowest BCUT2D eigenvalue weighted by Crippen LogP contribution is -2.44. The molecule has 1 atom stereocenters. The Morgan fingerprint density at radius 1 is 1.15 bits per heavy atom. The molecule has 0 aromatic heterocycles. The van der Waals surface area contributed by atoms with E-state index in [0.717, 1.165) is 0 Å². The number of rotatable bonds is 11. The lowest BCUT2D eigenvalue weighted by Gasteiger charge is -2.30. The fourth-order valence-electron chi connectivity index (χ4n) is 2.43. The molecule has 0 heterocycles. The SMILES string of the molecule is CC(=CC(C(C)C)N(C)C(=O)CNC=O)C(=O)N(CCC#N)CCC#N. The third kappa shape index (κ3) is 7.80. The van der Waals surface area contributed by atoms with Crippen LogP contribution in [0, 0.1) is 28.6 Å². The van der Waals surface area contributed by atoms with Gasteiger partial charge in [0.1, 0.15) is 0 Å². The molecule has 142 valence electrons. The van der Waals surface area contributed by atoms with Crippen molar-refractivity contribution >= 4 is 18.2 Å². The molecule has 0 spiro atoms. The molecule has 0 bridgehead atoms. The van der Waals surface area contributed by atoms with Gasteiger partial charge in [0, 0.05) is 25.7 Å². The first-order valence-corrected chi connectivity index (χ1v) is 8.44. The predicted octanol–water partition coefficient (Wildman–Crippen LogP) is 0.818. The molecule has 3 amide bonds. The average molecular weight is 361 g/mol. The number of carbonyl (C=O) groups excluding carboxylic acids is 3. The van der Waals surface area contributed by atoms with Gasteiger partial charge in [0.25, 0.3) is 0 Å². The Balaban J connectivity index is 5.34. The molecular formula is C18H27N5O3. The van der Waals surface area contributed by atoms with Gasteiger partial charge in [-0.1, -0.05) is 19.9 Å². The molecule has 0 saturated heterocycles. The monoisotopic (exact) mass is 361 g/mol. The highest BCUT2D eigenvalue weighted by Crippen LogP contribution is 2.15. The maximum Gasteiger partial charge on any atom is 0.249 e. The fraction of sp³-hybridized carbons (Fsp3) is 0.611. The second kappa shape index (κ2) is 12.5. The summed E-state index contributed by atoms with van der Waals surface area (Å²) < 4.78 is 0. The predicted molar refractivity (Wildman–Crippen MR) is 96.3 cm³/mol. The van der Waals surface area contributed by atoms with Crippen molar-refractivity contribution in [2.24, 2.45) is 5.92 Å². The Bertz CT molecular complexity index is 583. The summed E-state index contributed by atoms with van der Waals surface area (Å²) in [7, 11) is 1.62. The van der Waals surface area contributed by atoms with Crippen LogP contribution in [0.1, 0.15) is 33.6 Å². The third-order valence-corrected chi connectivity index (χ3v) is 3.89. The van der Waals surface area contributed by atoms with Crippen molar-refractivity contribution in [1.29, 1.82) is 10.5 Å². The summed E-state index contributed by atoms with van der Waals surface area (Å²) in [4.78, 5) is 38.1. The number of carbonyl (C=O) groups is 3. The van der Waals surface area contributed by atoms with Crippen molar-refractivity contribution in [3.8, 4) is 12.1 Å². The minimum Gasteiger partial charge on any atom is -0.350 e. The molecule has 0 saturated carbocycles. The van der Waals surface area contributed by atoms with Gasteiger partial charge in [-0.05, 0) is 12.8 Å². The summed E-state index contributed by atoms with van der Waals surface area (Å²) in [5, 5.41) is 19.8. The molecule has 1 unspecified atom stereocenters. The Labute approximate surface area is 155 Å². The number of nitrogens with one attached hydrogen (secondary N) is 1. The van der Waals surface area contributed by atoms with E-state index in [-0.39, 0.29) is 56.3 Å². The Kier molecular flexibility index (Phi) is 11.1. The van der Waals surface area contributed by atoms with Crippen LogP contribution < -0.4 is 5.32 Å². The highest BCUT2D eigenvalue weighted by Gasteiger charge is 2.23. The molecule has 0 aliphatic carbocycles. The summed E-state index contributed by atoms with van der Waals surface area (Å²) in [5.41, 5.74) is 0.447. The number of nitriles is 2. The van der Waals surface area contributed by atoms with Gasteiger partial charge in [-0.15, -0.1) is 0 Å². The van der Waals surface area contributed by atoms with Crippen molar-refractivity contribution in [1.82, 2.24) is 15.1 Å². The van der Waals surface area contributed by atoms with Crippen molar-refractivity contribution in [3.05, 3.63) is 11.6 Å². The van der Waals surface area contributed by atoms with Gasteiger partial charge in [0.2, 0.25) is 18.2 Å². The standard InChI is InChI=1S/C18H27N5O3/c1-14(2)16(22(4)17(25)12-21-13-24)11-15(3)18(26)23(9-5-7-19)10-6-8-20/h11,13-14,16H,5-6,9-10,12H2,1-4H3,(H,21,24). The first kappa shape index (κ1) is 23.1. The fourth-order valence-corrected chi connectivity index (χ4v) is 2.43. The van der Waals surface area contributed by atoms with Gasteiger partial charge >= 0.3 is 0 Å². The second-order valence-corrected chi connectivity index (χ2v) is 6.20. The van der Waals surface area contributed by atoms with Crippen LogP contribution in [0.5, 0.6) is 0 Å². The van der Waals surface area contributed by atoms with Crippen LogP contribution in [-0.2, 0) is 14.4 Å². The first-order valence-electron chi connectivity index (χ1n) is 8.44. The number of nitrogens with zero attached hydrogens (tertiary/aromatic N) is 4. The molecule has 0 fully saturated rings. The van der Waals surface area contributed by atoms with Crippen LogP contribution >= 0.6 is 0 Å². The highest BCUT2D eigenvalue weighted by molar-refractivity contribution is 5.93. The number of hydrogen-bond donors (Lipinski definition) is 1. The van der Waals surface area contributed by atoms with Crippen LogP contribution in [0.25, 0.3) is 0 Å². The quantitative estimate of drug-likeness (QED) is 0.432. The highest BCUT2D eigenvalue weighted by atomic mass is 16.2. The molecule has 0 aliphatic rings. The van der Waals surface area contributed by atoms with E-state index in [9.17, 15) is 14.4 Å². The van der Waals surface area contributed by atoms with Gasteiger partial charge in [-0.2, -0.15) is 10.5 Å². The lowest BCUT2D eigenvalue weighted by molar-refractivity contribution is -0.132. The molecular weight excluding hydrogens is 334 g/mol. The summed E-state index contributed by atoms with van der Waals surface area (Å²) in [6, 6.07) is 3.67. The third-order valence-electron chi connectivity index (χ3n) is 3.89. The summed E-state index contributed by atoms with van der Waals surface area (Å²) >= 11 is 0. The maximum atomic E-state index is 12.7. The molecule has 26 heavy (non-hydrogen) atoms. The topological polar surface area (TPSA) is 117 Å². The number of hydrogen-bond acceptors (Lipinski definition) is 5. The van der Waals surface area contributed by atoms with Crippen molar-refractivity contribution in [2.45, 2.75) is 39.7 Å². The number of amides is 3. The first-order chi connectivity index (χ1) is 12.3. The van der Waals surface area contributed by atoms with Crippen LogP contribution in [0.4, 0.5) is 0 Å². The van der Waals surface area contributed by atoms with E-state index in [1.807, 2.05) is 26.0 Å². The second-order valence-electron chi connectivity index (χ2n) is 6.20. The van der Waals surface area contributed by atoms with Crippen molar-refractivity contribution in [2.75, 3.05) is 26.7 Å². The zero-order valence-electron chi connectivity index (χ0n) is 15.9. The van der Waals surface area contributed by atoms with E-state index in [1.54, 1.807) is 20.0 Å². The van der Waals surface area contributed by atoms with Gasteiger partial charge in [0.15, 0.2) is 0 Å². The van der Waals surface area contributed by atoms with E-state index >= 15 is 0 Å². The smallest absolute Gasteiger partial charge is 0.249 e. The van der Waals surface area contributed by atoms with E-state index in [2.05, 4.69) is 5.32 Å². The molecule has 8 heteroatoms. The Morgan fingerprint density at radius 3 is 2.12 bits per heavy atom. The minimum absolute atomic E-state index is 0.0506. The molecule has 0 aliphatic heterocycles. The van der Waals surface area contributed by atoms with Gasteiger partial charge in [-0.3, -0.25) is 14.4 Å². The van der Waals surface area contributed by atoms with Gasteiger partial charge in [0.05, 0.1) is 37.6 Å². The molecule has 0 radical (unpaired) electrons. The summed E-state index contributed by atoms with van der Waals surface area (Å²) in [5.74, 6) is -0.472. The van der Waals surface area contributed by atoms with Gasteiger partial charge in [-0.25, -0.2) is 0 Å². The van der Waals surface area contributed by atoms with E-state index in [0.29, 0.717) is 12.0 Å². The normalized spacial score (nSPS) is 11.9.